The molecule has 0 aliphatic heterocycles. The van der Waals surface area contributed by atoms with Gasteiger partial charge in [-0.1, -0.05) is 0 Å². The molecule has 20 heavy (non-hydrogen) atoms. The normalized spacial score (nSPS) is 14.3. The van der Waals surface area contributed by atoms with Crippen LogP contribution in [0.15, 0.2) is 0 Å². The molecule has 108 valence electrons. The van der Waals surface area contributed by atoms with Gasteiger partial charge >= 0.3 is 6.09 Å². The molecule has 0 spiro atoms. The topological polar surface area (TPSA) is 53.3 Å². The van der Waals surface area contributed by atoms with Crippen LogP contribution >= 0.6 is 11.3 Å². The predicted octanol–water partition coefficient (Wildman–Crippen LogP) is 3.87. The molecular weight excluding hydrogens is 272 g/mol. The Morgan fingerprint density at radius 1 is 1.35 bits per heavy atom. The van der Waals surface area contributed by atoms with E-state index in [9.17, 15) is 10.1 Å². The lowest BCUT2D eigenvalue weighted by Crippen LogP contribution is -2.34. The molecule has 1 aromatic rings. The molecule has 4 nitrogen and oxygen atoms in total. The summed E-state index contributed by atoms with van der Waals surface area (Å²) in [7, 11) is 1.67. The lowest BCUT2D eigenvalue weighted by atomic mass is 9.96. The largest absolute Gasteiger partial charge is 0.443 e. The van der Waals surface area contributed by atoms with E-state index in [-0.39, 0.29) is 0 Å². The molecule has 0 radical (unpaired) electrons. The van der Waals surface area contributed by atoms with E-state index >= 15 is 0 Å². The highest BCUT2D eigenvalue weighted by molar-refractivity contribution is 7.16. The van der Waals surface area contributed by atoms with Crippen molar-refractivity contribution in [3.05, 3.63) is 16.0 Å². The van der Waals surface area contributed by atoms with Gasteiger partial charge < -0.3 is 4.74 Å². The van der Waals surface area contributed by atoms with Crippen LogP contribution in [0.25, 0.3) is 0 Å². The van der Waals surface area contributed by atoms with E-state index < -0.39 is 11.7 Å². The van der Waals surface area contributed by atoms with Crippen molar-refractivity contribution in [2.24, 2.45) is 0 Å². The van der Waals surface area contributed by atoms with Crippen LogP contribution in [0.4, 0.5) is 9.80 Å². The Labute approximate surface area is 124 Å². The van der Waals surface area contributed by atoms with Crippen molar-refractivity contribution in [2.75, 3.05) is 11.9 Å². The quantitative estimate of drug-likeness (QED) is 0.789. The zero-order chi connectivity index (χ0) is 14.9. The van der Waals surface area contributed by atoms with Gasteiger partial charge in [0.25, 0.3) is 0 Å². The SMILES string of the molecule is CN(C(=O)OC(C)(C)C)c1sc2c(c1C#N)CCCC2. The van der Waals surface area contributed by atoms with Crippen molar-refractivity contribution in [3.63, 3.8) is 0 Å². The molecule has 0 bridgehead atoms. The second-order valence-corrected chi connectivity index (χ2v) is 7.13. The van der Waals surface area contributed by atoms with Gasteiger partial charge in [0.05, 0.1) is 5.56 Å². The Morgan fingerprint density at radius 3 is 2.60 bits per heavy atom. The maximum absolute atomic E-state index is 12.1. The first-order chi connectivity index (χ1) is 9.33. The fourth-order valence-electron chi connectivity index (χ4n) is 2.32. The molecule has 1 aliphatic carbocycles. The molecule has 0 fully saturated rings. The van der Waals surface area contributed by atoms with Crippen LogP contribution in [0.3, 0.4) is 0 Å². The molecule has 0 saturated heterocycles. The van der Waals surface area contributed by atoms with Gasteiger partial charge in [-0.25, -0.2) is 4.79 Å². The van der Waals surface area contributed by atoms with Crippen LogP contribution in [0.5, 0.6) is 0 Å². The van der Waals surface area contributed by atoms with E-state index in [0.29, 0.717) is 10.6 Å². The van der Waals surface area contributed by atoms with Crippen LogP contribution in [0.2, 0.25) is 0 Å². The number of nitrogens with zero attached hydrogens (tertiary/aromatic N) is 2. The fourth-order valence-corrected chi connectivity index (χ4v) is 3.61. The van der Waals surface area contributed by atoms with Crippen LogP contribution < -0.4 is 4.90 Å². The summed E-state index contributed by atoms with van der Waals surface area (Å²) in [6, 6.07) is 2.26. The molecule has 2 rings (SSSR count). The first-order valence-electron chi connectivity index (χ1n) is 6.85. The summed E-state index contributed by atoms with van der Waals surface area (Å²) in [5.74, 6) is 0. The zero-order valence-electron chi connectivity index (χ0n) is 12.4. The highest BCUT2D eigenvalue weighted by atomic mass is 32.1. The van der Waals surface area contributed by atoms with Gasteiger partial charge in [0.1, 0.15) is 16.7 Å². The third-order valence-electron chi connectivity index (χ3n) is 3.24. The minimum atomic E-state index is -0.533. The lowest BCUT2D eigenvalue weighted by molar-refractivity contribution is 0.0590. The van der Waals surface area contributed by atoms with E-state index in [2.05, 4.69) is 6.07 Å². The van der Waals surface area contributed by atoms with Crippen molar-refractivity contribution < 1.29 is 9.53 Å². The van der Waals surface area contributed by atoms with Crippen molar-refractivity contribution in [2.45, 2.75) is 52.1 Å². The van der Waals surface area contributed by atoms with Gasteiger partial charge in [0.15, 0.2) is 0 Å². The highest BCUT2D eigenvalue weighted by Crippen LogP contribution is 2.39. The predicted molar refractivity (Wildman–Crippen MR) is 80.3 cm³/mol. The minimum absolute atomic E-state index is 0.410. The first kappa shape index (κ1) is 14.9. The van der Waals surface area contributed by atoms with E-state index in [0.717, 1.165) is 31.2 Å². The average Bonchev–Trinajstić information content (AvgIpc) is 2.74. The molecule has 0 saturated carbocycles. The Morgan fingerprint density at radius 2 is 2.00 bits per heavy atom. The van der Waals surface area contributed by atoms with Crippen LogP contribution in [-0.4, -0.2) is 18.7 Å². The molecule has 1 heterocycles. The van der Waals surface area contributed by atoms with Crippen molar-refractivity contribution in [3.8, 4) is 6.07 Å². The molecule has 0 atom stereocenters. The van der Waals surface area contributed by atoms with Gasteiger partial charge in [-0.15, -0.1) is 11.3 Å². The van der Waals surface area contributed by atoms with Crippen molar-refractivity contribution >= 4 is 22.4 Å². The standard InChI is InChI=1S/C15H20N2O2S/c1-15(2,3)19-14(18)17(4)13-11(9-16)10-7-5-6-8-12(10)20-13/h5-8H2,1-4H3. The number of carbonyl (C=O) groups excluding carboxylic acids is 1. The van der Waals surface area contributed by atoms with Gasteiger partial charge in [0.2, 0.25) is 0 Å². The maximum atomic E-state index is 12.1. The van der Waals surface area contributed by atoms with E-state index in [4.69, 9.17) is 4.74 Å². The zero-order valence-corrected chi connectivity index (χ0v) is 13.3. The van der Waals surface area contributed by atoms with Crippen LogP contribution in [0.1, 0.15) is 49.6 Å². The van der Waals surface area contributed by atoms with Crippen molar-refractivity contribution in [1.29, 1.82) is 5.26 Å². The maximum Gasteiger partial charge on any atom is 0.415 e. The smallest absolute Gasteiger partial charge is 0.415 e. The minimum Gasteiger partial charge on any atom is -0.443 e. The Hall–Kier alpha value is -1.54. The summed E-state index contributed by atoms with van der Waals surface area (Å²) in [5.41, 5.74) is 1.25. The Kier molecular flexibility index (Phi) is 4.05. The van der Waals surface area contributed by atoms with E-state index in [1.165, 1.54) is 9.78 Å². The van der Waals surface area contributed by atoms with Gasteiger partial charge in [-0.2, -0.15) is 5.26 Å². The van der Waals surface area contributed by atoms with Crippen molar-refractivity contribution in [1.82, 2.24) is 0 Å². The first-order valence-corrected chi connectivity index (χ1v) is 7.66. The lowest BCUT2D eigenvalue weighted by Gasteiger charge is -2.24. The number of anilines is 1. The van der Waals surface area contributed by atoms with E-state index in [1.807, 2.05) is 20.8 Å². The number of aryl methyl sites for hydroxylation is 1. The fraction of sp³-hybridized carbons (Fsp3) is 0.600. The van der Waals surface area contributed by atoms with Crippen LogP contribution in [0, 0.1) is 11.3 Å². The number of ether oxygens (including phenoxy) is 1. The molecule has 0 unspecified atom stereocenters. The highest BCUT2D eigenvalue weighted by Gasteiger charge is 2.27. The monoisotopic (exact) mass is 292 g/mol. The number of hydrogen-bond donors (Lipinski definition) is 0. The third-order valence-corrected chi connectivity index (χ3v) is 4.60. The van der Waals surface area contributed by atoms with Gasteiger partial charge in [0, 0.05) is 11.9 Å². The molecule has 1 aliphatic rings. The Bertz CT molecular complexity index is 564. The summed E-state index contributed by atoms with van der Waals surface area (Å²) >= 11 is 1.55. The number of thiophene rings is 1. The molecule has 0 N–H and O–H groups in total. The third kappa shape index (κ3) is 2.96. The van der Waals surface area contributed by atoms with Crippen LogP contribution in [-0.2, 0) is 17.6 Å². The second-order valence-electron chi connectivity index (χ2n) is 6.04. The number of fused-ring (bicyclic) bond motifs is 1. The van der Waals surface area contributed by atoms with Gasteiger partial charge in [-0.3, -0.25) is 4.90 Å². The summed E-state index contributed by atoms with van der Waals surface area (Å²) in [6.07, 6.45) is 3.82. The molecule has 0 aromatic carbocycles. The summed E-state index contributed by atoms with van der Waals surface area (Å²) in [4.78, 5) is 14.9. The number of hydrogen-bond acceptors (Lipinski definition) is 4. The number of carbonyl (C=O) groups is 1. The molecular formula is C15H20N2O2S. The molecule has 1 amide bonds. The number of amides is 1. The number of rotatable bonds is 1. The van der Waals surface area contributed by atoms with Gasteiger partial charge in [-0.05, 0) is 52.0 Å². The summed E-state index contributed by atoms with van der Waals surface area (Å²) in [6.45, 7) is 5.51. The Balaban J connectivity index is 2.31. The average molecular weight is 292 g/mol. The second kappa shape index (κ2) is 5.45. The molecule has 5 heteroatoms. The van der Waals surface area contributed by atoms with E-state index in [1.54, 1.807) is 18.4 Å². The number of nitriles is 1. The summed E-state index contributed by atoms with van der Waals surface area (Å²) in [5, 5.41) is 10.1. The summed E-state index contributed by atoms with van der Waals surface area (Å²) < 4.78 is 5.37. The molecule has 1 aromatic heterocycles.